The van der Waals surface area contributed by atoms with E-state index in [2.05, 4.69) is 28.0 Å². The van der Waals surface area contributed by atoms with Gasteiger partial charge in [-0.25, -0.2) is 4.98 Å². The molecule has 4 heteroatoms. The highest BCUT2D eigenvalue weighted by molar-refractivity contribution is 5.25. The van der Waals surface area contributed by atoms with Crippen molar-refractivity contribution in [1.29, 1.82) is 0 Å². The molecule has 0 saturated heterocycles. The molecule has 0 aliphatic heterocycles. The van der Waals surface area contributed by atoms with Crippen LogP contribution in [0.1, 0.15) is 46.0 Å². The lowest BCUT2D eigenvalue weighted by molar-refractivity contribution is 0.147. The number of anilines is 1. The number of hydrogen-bond donors (Lipinski definition) is 1. The van der Waals surface area contributed by atoms with E-state index in [1.54, 1.807) is 0 Å². The van der Waals surface area contributed by atoms with Gasteiger partial charge in [-0.05, 0) is 38.0 Å². The molecule has 2 rings (SSSR count). The number of ether oxygens (including phenoxy) is 1. The molecule has 0 spiro atoms. The van der Waals surface area contributed by atoms with E-state index in [-0.39, 0.29) is 0 Å². The van der Waals surface area contributed by atoms with E-state index in [1.165, 1.54) is 25.7 Å². The van der Waals surface area contributed by atoms with Crippen LogP contribution in [0.3, 0.4) is 0 Å². The number of imidazole rings is 1. The quantitative estimate of drug-likeness (QED) is 0.740. The third-order valence-corrected chi connectivity index (χ3v) is 4.26. The van der Waals surface area contributed by atoms with Crippen molar-refractivity contribution < 1.29 is 4.74 Å². The van der Waals surface area contributed by atoms with Crippen molar-refractivity contribution in [3.63, 3.8) is 0 Å². The predicted molar refractivity (Wildman–Crippen MR) is 82.9 cm³/mol. The molecule has 1 saturated carbocycles. The Morgan fingerprint density at radius 1 is 1.35 bits per heavy atom. The van der Waals surface area contributed by atoms with E-state index in [9.17, 15) is 0 Å². The number of nitrogens with one attached hydrogen (secondary N) is 1. The van der Waals surface area contributed by atoms with Crippen molar-refractivity contribution in [2.24, 2.45) is 11.8 Å². The second-order valence-corrected chi connectivity index (χ2v) is 6.01. The fraction of sp³-hybridized carbons (Fsp3) is 0.812. The first-order valence-electron chi connectivity index (χ1n) is 8.12. The van der Waals surface area contributed by atoms with Crippen molar-refractivity contribution >= 4 is 5.95 Å². The van der Waals surface area contributed by atoms with E-state index >= 15 is 0 Å². The lowest BCUT2D eigenvalue weighted by atomic mass is 9.83. The van der Waals surface area contributed by atoms with Crippen LogP contribution >= 0.6 is 0 Å². The zero-order valence-electron chi connectivity index (χ0n) is 13.0. The molecule has 0 unspecified atom stereocenters. The molecule has 4 nitrogen and oxygen atoms in total. The number of rotatable bonds is 8. The second kappa shape index (κ2) is 8.30. The molecule has 1 aliphatic rings. The molecular weight excluding hydrogens is 250 g/mol. The first kappa shape index (κ1) is 15.4. The van der Waals surface area contributed by atoms with Crippen molar-refractivity contribution in [3.8, 4) is 0 Å². The largest absolute Gasteiger partial charge is 0.382 e. The molecule has 0 atom stereocenters. The topological polar surface area (TPSA) is 39.1 Å². The Morgan fingerprint density at radius 2 is 2.15 bits per heavy atom. The molecular formula is C16H29N3O. The molecule has 1 aromatic rings. The summed E-state index contributed by atoms with van der Waals surface area (Å²) in [5, 5.41) is 3.42. The lowest BCUT2D eigenvalue weighted by Gasteiger charge is -2.26. The molecule has 0 radical (unpaired) electrons. The third kappa shape index (κ3) is 4.82. The maximum absolute atomic E-state index is 5.35. The Balaban J connectivity index is 1.73. The summed E-state index contributed by atoms with van der Waals surface area (Å²) < 4.78 is 7.63. The first-order chi connectivity index (χ1) is 9.79. The molecule has 114 valence electrons. The van der Waals surface area contributed by atoms with Crippen LogP contribution < -0.4 is 5.32 Å². The van der Waals surface area contributed by atoms with Crippen LogP contribution in [0.5, 0.6) is 0 Å². The highest BCUT2D eigenvalue weighted by Crippen LogP contribution is 2.29. The average Bonchev–Trinajstić information content (AvgIpc) is 2.89. The SMILES string of the molecule is CCOCCCNc1nccn1CC1CCC(C)CC1. The van der Waals surface area contributed by atoms with Gasteiger partial charge in [0, 0.05) is 38.7 Å². The van der Waals surface area contributed by atoms with Crippen molar-refractivity contribution in [2.75, 3.05) is 25.1 Å². The van der Waals surface area contributed by atoms with E-state index in [1.807, 2.05) is 13.1 Å². The standard InChI is InChI=1S/C16H29N3O/c1-3-20-12-4-9-17-16-18-10-11-19(16)13-15-7-5-14(2)6-8-15/h10-11,14-15H,3-9,12-13H2,1-2H3,(H,17,18). The van der Waals surface area contributed by atoms with Crippen LogP contribution in [0, 0.1) is 11.8 Å². The van der Waals surface area contributed by atoms with Crippen molar-refractivity contribution in [3.05, 3.63) is 12.4 Å². The van der Waals surface area contributed by atoms with Gasteiger partial charge in [-0.3, -0.25) is 0 Å². The monoisotopic (exact) mass is 279 g/mol. The number of hydrogen-bond acceptors (Lipinski definition) is 3. The van der Waals surface area contributed by atoms with Gasteiger partial charge in [0.25, 0.3) is 0 Å². The fourth-order valence-corrected chi connectivity index (χ4v) is 2.93. The summed E-state index contributed by atoms with van der Waals surface area (Å²) in [7, 11) is 0. The van der Waals surface area contributed by atoms with E-state index in [4.69, 9.17) is 4.74 Å². The summed E-state index contributed by atoms with van der Waals surface area (Å²) in [6.07, 6.45) is 10.5. The third-order valence-electron chi connectivity index (χ3n) is 4.26. The minimum Gasteiger partial charge on any atom is -0.382 e. The zero-order valence-corrected chi connectivity index (χ0v) is 13.0. The Hall–Kier alpha value is -1.03. The highest BCUT2D eigenvalue weighted by Gasteiger charge is 2.19. The molecule has 1 aliphatic carbocycles. The van der Waals surface area contributed by atoms with Gasteiger partial charge in [-0.2, -0.15) is 0 Å². The summed E-state index contributed by atoms with van der Waals surface area (Å²) in [5.74, 6) is 2.76. The van der Waals surface area contributed by atoms with Gasteiger partial charge in [0.1, 0.15) is 0 Å². The summed E-state index contributed by atoms with van der Waals surface area (Å²) in [6, 6.07) is 0. The predicted octanol–water partition coefficient (Wildman–Crippen LogP) is 3.55. The number of aromatic nitrogens is 2. The minimum atomic E-state index is 0.800. The molecule has 1 fully saturated rings. The maximum Gasteiger partial charge on any atom is 0.202 e. The van der Waals surface area contributed by atoms with Crippen LogP contribution in [0.15, 0.2) is 12.4 Å². The summed E-state index contributed by atoms with van der Waals surface area (Å²) in [6.45, 7) is 8.07. The summed E-state index contributed by atoms with van der Waals surface area (Å²) >= 11 is 0. The molecule has 1 aromatic heterocycles. The highest BCUT2D eigenvalue weighted by atomic mass is 16.5. The molecule has 0 amide bonds. The van der Waals surface area contributed by atoms with Gasteiger partial charge < -0.3 is 14.6 Å². The van der Waals surface area contributed by atoms with Crippen LogP contribution in [-0.2, 0) is 11.3 Å². The van der Waals surface area contributed by atoms with E-state index in [0.29, 0.717) is 0 Å². The Kier molecular flexibility index (Phi) is 6.37. The van der Waals surface area contributed by atoms with Gasteiger partial charge in [0.15, 0.2) is 0 Å². The van der Waals surface area contributed by atoms with Crippen LogP contribution in [0.4, 0.5) is 5.95 Å². The van der Waals surface area contributed by atoms with Crippen molar-refractivity contribution in [2.45, 2.75) is 52.5 Å². The molecule has 1 heterocycles. The number of nitrogens with zero attached hydrogens (tertiary/aromatic N) is 2. The van der Waals surface area contributed by atoms with E-state index in [0.717, 1.165) is 50.5 Å². The van der Waals surface area contributed by atoms with Crippen molar-refractivity contribution in [1.82, 2.24) is 9.55 Å². The lowest BCUT2D eigenvalue weighted by Crippen LogP contribution is -2.19. The molecule has 20 heavy (non-hydrogen) atoms. The van der Waals surface area contributed by atoms with Crippen LogP contribution in [-0.4, -0.2) is 29.3 Å². The second-order valence-electron chi connectivity index (χ2n) is 6.01. The van der Waals surface area contributed by atoms with Crippen LogP contribution in [0.25, 0.3) is 0 Å². The molecule has 0 bridgehead atoms. The Labute approximate surface area is 122 Å². The molecule has 1 N–H and O–H groups in total. The van der Waals surface area contributed by atoms with Crippen LogP contribution in [0.2, 0.25) is 0 Å². The smallest absolute Gasteiger partial charge is 0.202 e. The molecule has 0 aromatic carbocycles. The summed E-state index contributed by atoms with van der Waals surface area (Å²) in [4.78, 5) is 4.43. The van der Waals surface area contributed by atoms with Gasteiger partial charge in [0.2, 0.25) is 5.95 Å². The fourth-order valence-electron chi connectivity index (χ4n) is 2.93. The van der Waals surface area contributed by atoms with Gasteiger partial charge >= 0.3 is 0 Å². The van der Waals surface area contributed by atoms with E-state index < -0.39 is 0 Å². The minimum absolute atomic E-state index is 0.800. The zero-order chi connectivity index (χ0) is 14.2. The Bertz CT molecular complexity index is 370. The maximum atomic E-state index is 5.35. The average molecular weight is 279 g/mol. The normalized spacial score (nSPS) is 22.9. The Morgan fingerprint density at radius 3 is 2.90 bits per heavy atom. The van der Waals surface area contributed by atoms with Gasteiger partial charge in [0.05, 0.1) is 0 Å². The van der Waals surface area contributed by atoms with Gasteiger partial charge in [-0.1, -0.05) is 19.8 Å². The summed E-state index contributed by atoms with van der Waals surface area (Å²) in [5.41, 5.74) is 0. The first-order valence-corrected chi connectivity index (χ1v) is 8.12. The van der Waals surface area contributed by atoms with Gasteiger partial charge in [-0.15, -0.1) is 0 Å².